The highest BCUT2D eigenvalue weighted by Gasteiger charge is 2.17. The maximum absolute atomic E-state index is 9.12. The first-order chi connectivity index (χ1) is 9.63. The minimum Gasteiger partial charge on any atom is -0.369 e. The highest BCUT2D eigenvalue weighted by Crippen LogP contribution is 2.33. The second-order valence-corrected chi connectivity index (χ2v) is 4.98. The Morgan fingerprint density at radius 1 is 1.10 bits per heavy atom. The lowest BCUT2D eigenvalue weighted by molar-refractivity contribution is 1.11. The largest absolute Gasteiger partial charge is 0.369 e. The Morgan fingerprint density at radius 3 is 2.40 bits per heavy atom. The first-order valence-corrected chi connectivity index (χ1v) is 6.50. The lowest BCUT2D eigenvalue weighted by Gasteiger charge is -2.10. The van der Waals surface area contributed by atoms with Crippen LogP contribution in [0.1, 0.15) is 5.56 Å². The Kier molecular flexibility index (Phi) is 3.01. The van der Waals surface area contributed by atoms with E-state index < -0.39 is 0 Å². The number of nitrogens with two attached hydrogens (primary N) is 1. The number of nitrogens with zero attached hydrogens (tertiary/aromatic N) is 3. The van der Waals surface area contributed by atoms with E-state index in [1.807, 2.05) is 6.07 Å². The van der Waals surface area contributed by atoms with Crippen LogP contribution in [0.4, 0.5) is 5.95 Å². The summed E-state index contributed by atoms with van der Waals surface area (Å²) in [5.74, 6) is 0.234. The molecule has 3 aromatic rings. The predicted octanol–water partition coefficient (Wildman–Crippen LogP) is 3.79. The van der Waals surface area contributed by atoms with Gasteiger partial charge >= 0.3 is 0 Å². The lowest BCUT2D eigenvalue weighted by Crippen LogP contribution is -2.02. The molecular weight excluding hydrogens is 295 g/mol. The number of rotatable bonds is 1. The maximum atomic E-state index is 9.12. The van der Waals surface area contributed by atoms with Crippen molar-refractivity contribution in [3.63, 3.8) is 0 Å². The molecule has 98 valence electrons. The van der Waals surface area contributed by atoms with E-state index in [4.69, 9.17) is 34.2 Å². The van der Waals surface area contributed by atoms with E-state index in [1.54, 1.807) is 34.9 Å². The Balaban J connectivity index is 2.44. The number of halogens is 2. The van der Waals surface area contributed by atoms with Gasteiger partial charge in [-0.25, -0.2) is 4.98 Å². The van der Waals surface area contributed by atoms with Gasteiger partial charge in [-0.1, -0.05) is 35.3 Å². The zero-order chi connectivity index (χ0) is 14.3. The summed E-state index contributed by atoms with van der Waals surface area (Å²) in [7, 11) is 0. The average molecular weight is 303 g/mol. The zero-order valence-corrected chi connectivity index (χ0v) is 11.7. The third-order valence-corrected chi connectivity index (χ3v) is 3.60. The van der Waals surface area contributed by atoms with Crippen LogP contribution in [0.3, 0.4) is 0 Å². The molecule has 0 saturated heterocycles. The highest BCUT2D eigenvalue weighted by atomic mass is 35.5. The van der Waals surface area contributed by atoms with Crippen molar-refractivity contribution < 1.29 is 0 Å². The number of hydrogen-bond donors (Lipinski definition) is 1. The fourth-order valence-corrected chi connectivity index (χ4v) is 2.71. The zero-order valence-electron chi connectivity index (χ0n) is 10.1. The standard InChI is InChI=1S/C14H8Cl2N4/c15-9-4-2-5-10(16)13(9)20-11-6-1-3-8(7-17)12(11)19-14(20)18/h1-6H,(H2,18,19). The van der Waals surface area contributed by atoms with E-state index in [0.29, 0.717) is 32.3 Å². The molecule has 0 amide bonds. The van der Waals surface area contributed by atoms with Crippen molar-refractivity contribution in [1.82, 2.24) is 9.55 Å². The molecule has 1 heterocycles. The molecule has 0 bridgehead atoms. The van der Waals surface area contributed by atoms with Crippen LogP contribution < -0.4 is 5.73 Å². The smallest absolute Gasteiger partial charge is 0.206 e. The van der Waals surface area contributed by atoms with Crippen LogP contribution in [0.2, 0.25) is 10.0 Å². The van der Waals surface area contributed by atoms with Gasteiger partial charge in [-0.2, -0.15) is 5.26 Å². The van der Waals surface area contributed by atoms with Crippen LogP contribution in [-0.2, 0) is 0 Å². The Bertz CT molecular complexity index is 841. The number of hydrogen-bond acceptors (Lipinski definition) is 3. The molecule has 2 N–H and O–H groups in total. The summed E-state index contributed by atoms with van der Waals surface area (Å²) in [6.45, 7) is 0. The molecule has 6 heteroatoms. The van der Waals surface area contributed by atoms with Gasteiger partial charge in [0.15, 0.2) is 0 Å². The molecule has 4 nitrogen and oxygen atoms in total. The van der Waals surface area contributed by atoms with Crippen LogP contribution in [0, 0.1) is 11.3 Å². The van der Waals surface area contributed by atoms with Gasteiger partial charge in [0.05, 0.1) is 26.8 Å². The second kappa shape index (κ2) is 4.71. The quantitative estimate of drug-likeness (QED) is 0.743. The van der Waals surface area contributed by atoms with Crippen molar-refractivity contribution in [3.8, 4) is 11.8 Å². The van der Waals surface area contributed by atoms with Crippen molar-refractivity contribution in [1.29, 1.82) is 5.26 Å². The molecule has 0 fully saturated rings. The molecule has 0 aliphatic rings. The summed E-state index contributed by atoms with van der Waals surface area (Å²) in [5, 5.41) is 10.1. The van der Waals surface area contributed by atoms with Gasteiger partial charge in [0.25, 0.3) is 0 Å². The van der Waals surface area contributed by atoms with Crippen molar-refractivity contribution in [2.45, 2.75) is 0 Å². The Morgan fingerprint density at radius 2 is 1.75 bits per heavy atom. The fourth-order valence-electron chi connectivity index (χ4n) is 2.15. The number of aromatic nitrogens is 2. The number of fused-ring (bicyclic) bond motifs is 1. The fraction of sp³-hybridized carbons (Fsp3) is 0. The lowest BCUT2D eigenvalue weighted by atomic mass is 10.2. The molecule has 1 aromatic heterocycles. The minimum absolute atomic E-state index is 0.234. The van der Waals surface area contributed by atoms with E-state index in [-0.39, 0.29) is 5.95 Å². The van der Waals surface area contributed by atoms with Crippen molar-refractivity contribution in [2.24, 2.45) is 0 Å². The monoisotopic (exact) mass is 302 g/mol. The molecular formula is C14H8Cl2N4. The first-order valence-electron chi connectivity index (χ1n) is 5.75. The van der Waals surface area contributed by atoms with Crippen LogP contribution >= 0.6 is 23.2 Å². The van der Waals surface area contributed by atoms with Crippen LogP contribution in [0.15, 0.2) is 36.4 Å². The molecule has 0 aliphatic heterocycles. The second-order valence-electron chi connectivity index (χ2n) is 4.16. The number of benzene rings is 2. The van der Waals surface area contributed by atoms with Crippen LogP contribution in [0.5, 0.6) is 0 Å². The molecule has 0 saturated carbocycles. The van der Waals surface area contributed by atoms with Gasteiger partial charge < -0.3 is 5.73 Å². The van der Waals surface area contributed by atoms with Crippen molar-refractivity contribution in [3.05, 3.63) is 52.0 Å². The highest BCUT2D eigenvalue weighted by molar-refractivity contribution is 6.38. The summed E-state index contributed by atoms with van der Waals surface area (Å²) in [6.07, 6.45) is 0. The summed E-state index contributed by atoms with van der Waals surface area (Å²) >= 11 is 12.4. The molecule has 2 aromatic carbocycles. The maximum Gasteiger partial charge on any atom is 0.206 e. The first kappa shape index (κ1) is 12.8. The summed E-state index contributed by atoms with van der Waals surface area (Å²) in [5.41, 5.74) is 8.21. The number of para-hydroxylation sites is 2. The normalized spacial score (nSPS) is 10.7. The molecule has 3 rings (SSSR count). The van der Waals surface area contributed by atoms with E-state index in [0.717, 1.165) is 0 Å². The third kappa shape index (κ3) is 1.80. The SMILES string of the molecule is N#Cc1cccc2c1nc(N)n2-c1c(Cl)cccc1Cl. The molecule has 20 heavy (non-hydrogen) atoms. The topological polar surface area (TPSA) is 67.6 Å². The summed E-state index contributed by atoms with van der Waals surface area (Å²) in [6, 6.07) is 12.6. The van der Waals surface area contributed by atoms with Crippen molar-refractivity contribution in [2.75, 3.05) is 5.73 Å². The van der Waals surface area contributed by atoms with Crippen LogP contribution in [0.25, 0.3) is 16.7 Å². The number of nitriles is 1. The molecule has 0 unspecified atom stereocenters. The van der Waals surface area contributed by atoms with E-state index >= 15 is 0 Å². The van der Waals surface area contributed by atoms with Gasteiger partial charge in [-0.3, -0.25) is 4.57 Å². The predicted molar refractivity (Wildman–Crippen MR) is 80.2 cm³/mol. The molecule has 0 atom stereocenters. The van der Waals surface area contributed by atoms with E-state index in [1.165, 1.54) is 0 Å². The van der Waals surface area contributed by atoms with Gasteiger partial charge in [-0.15, -0.1) is 0 Å². The summed E-state index contributed by atoms with van der Waals surface area (Å²) in [4.78, 5) is 4.24. The van der Waals surface area contributed by atoms with Crippen LogP contribution in [-0.4, -0.2) is 9.55 Å². The number of imidazole rings is 1. The molecule has 0 aliphatic carbocycles. The van der Waals surface area contributed by atoms with Gasteiger partial charge in [-0.05, 0) is 24.3 Å². The van der Waals surface area contributed by atoms with Gasteiger partial charge in [0.2, 0.25) is 5.95 Å². The molecule has 0 spiro atoms. The van der Waals surface area contributed by atoms with E-state index in [9.17, 15) is 0 Å². The third-order valence-electron chi connectivity index (χ3n) is 2.99. The van der Waals surface area contributed by atoms with Gasteiger partial charge in [0.1, 0.15) is 11.6 Å². The minimum atomic E-state index is 0.234. The summed E-state index contributed by atoms with van der Waals surface area (Å²) < 4.78 is 1.65. The van der Waals surface area contributed by atoms with E-state index in [2.05, 4.69) is 11.1 Å². The van der Waals surface area contributed by atoms with Crippen molar-refractivity contribution >= 4 is 40.2 Å². The molecule has 0 radical (unpaired) electrons. The Labute approximate surface area is 125 Å². The number of nitrogen functional groups attached to an aromatic ring is 1. The van der Waals surface area contributed by atoms with Gasteiger partial charge in [0, 0.05) is 0 Å². The Hall–Kier alpha value is -2.22. The average Bonchev–Trinajstić information content (AvgIpc) is 2.75. The number of anilines is 1.